The normalized spacial score (nSPS) is 9.62. The fraction of sp³-hybridized carbons (Fsp3) is 0.167. The molecule has 2 heterocycles. The molecule has 0 saturated carbocycles. The molecule has 2 rings (SSSR count). The third-order valence-electron chi connectivity index (χ3n) is 2.01. The highest BCUT2D eigenvalue weighted by molar-refractivity contribution is 5.30. The molecule has 0 fully saturated rings. The lowest BCUT2D eigenvalue weighted by atomic mass is 10.2. The van der Waals surface area contributed by atoms with Crippen molar-refractivity contribution >= 4 is 0 Å². The first-order valence-electron chi connectivity index (χ1n) is 4.82. The van der Waals surface area contributed by atoms with Gasteiger partial charge in [0, 0.05) is 18.6 Å². The van der Waals surface area contributed by atoms with Gasteiger partial charge in [0.05, 0.1) is 12.9 Å². The Morgan fingerprint density at radius 2 is 2.38 bits per heavy atom. The van der Waals surface area contributed by atoms with Crippen LogP contribution in [0.15, 0.2) is 31.0 Å². The van der Waals surface area contributed by atoms with Crippen molar-refractivity contribution in [1.82, 2.24) is 14.5 Å². The fourth-order valence-corrected chi connectivity index (χ4v) is 1.22. The standard InChI is InChI=1S/C12H10FN3/c1-10-7-11(13)12(15-8-10)3-2-5-16-6-4-14-9-16/h4,6-9H,5H2,1H3. The highest BCUT2D eigenvalue weighted by atomic mass is 19.1. The van der Waals surface area contributed by atoms with Crippen molar-refractivity contribution in [2.75, 3.05) is 0 Å². The van der Waals surface area contributed by atoms with E-state index in [2.05, 4.69) is 21.8 Å². The molecule has 0 aliphatic carbocycles. The van der Waals surface area contributed by atoms with Gasteiger partial charge in [-0.1, -0.05) is 5.92 Å². The molecule has 3 nitrogen and oxygen atoms in total. The number of aryl methyl sites for hydroxylation is 1. The van der Waals surface area contributed by atoms with Crippen LogP contribution >= 0.6 is 0 Å². The lowest BCUT2D eigenvalue weighted by molar-refractivity contribution is 0.615. The van der Waals surface area contributed by atoms with Crippen LogP contribution in [0.3, 0.4) is 0 Å². The van der Waals surface area contributed by atoms with Crippen LogP contribution < -0.4 is 0 Å². The smallest absolute Gasteiger partial charge is 0.157 e. The Kier molecular flexibility index (Phi) is 2.97. The van der Waals surface area contributed by atoms with E-state index in [0.717, 1.165) is 5.56 Å². The van der Waals surface area contributed by atoms with Crippen molar-refractivity contribution in [3.8, 4) is 11.8 Å². The number of nitrogens with zero attached hydrogens (tertiary/aromatic N) is 3. The average molecular weight is 215 g/mol. The van der Waals surface area contributed by atoms with E-state index in [1.807, 2.05) is 0 Å². The van der Waals surface area contributed by atoms with E-state index in [-0.39, 0.29) is 11.5 Å². The van der Waals surface area contributed by atoms with Crippen LogP contribution in [0, 0.1) is 24.6 Å². The maximum atomic E-state index is 13.3. The Morgan fingerprint density at radius 1 is 1.50 bits per heavy atom. The zero-order valence-electron chi connectivity index (χ0n) is 8.81. The Labute approximate surface area is 93.0 Å². The van der Waals surface area contributed by atoms with Gasteiger partial charge >= 0.3 is 0 Å². The van der Waals surface area contributed by atoms with E-state index >= 15 is 0 Å². The van der Waals surface area contributed by atoms with Gasteiger partial charge in [0.1, 0.15) is 5.69 Å². The van der Waals surface area contributed by atoms with Gasteiger partial charge in [-0.3, -0.25) is 0 Å². The molecular formula is C12H10FN3. The van der Waals surface area contributed by atoms with Crippen molar-refractivity contribution in [3.05, 3.63) is 48.1 Å². The van der Waals surface area contributed by atoms with Gasteiger partial charge in [0.2, 0.25) is 0 Å². The topological polar surface area (TPSA) is 30.7 Å². The number of imidazole rings is 1. The number of halogens is 1. The Balaban J connectivity index is 2.12. The van der Waals surface area contributed by atoms with Crippen molar-refractivity contribution in [2.24, 2.45) is 0 Å². The molecule has 0 atom stereocenters. The number of hydrogen-bond acceptors (Lipinski definition) is 2. The van der Waals surface area contributed by atoms with Crippen LogP contribution in [0.1, 0.15) is 11.3 Å². The van der Waals surface area contributed by atoms with Crippen molar-refractivity contribution in [2.45, 2.75) is 13.5 Å². The molecule has 0 saturated heterocycles. The molecule has 0 aromatic carbocycles. The Morgan fingerprint density at radius 3 is 3.06 bits per heavy atom. The Hall–Kier alpha value is -2.15. The quantitative estimate of drug-likeness (QED) is 0.679. The summed E-state index contributed by atoms with van der Waals surface area (Å²) in [5.41, 5.74) is 0.975. The molecule has 0 unspecified atom stereocenters. The SMILES string of the molecule is Cc1cnc(C#CCn2ccnc2)c(F)c1. The molecule has 2 aromatic rings. The molecular weight excluding hydrogens is 205 g/mol. The molecule has 0 spiro atoms. The van der Waals surface area contributed by atoms with Gasteiger partial charge in [0.25, 0.3) is 0 Å². The fourth-order valence-electron chi connectivity index (χ4n) is 1.22. The van der Waals surface area contributed by atoms with E-state index in [1.165, 1.54) is 6.07 Å². The van der Waals surface area contributed by atoms with Crippen LogP contribution in [-0.4, -0.2) is 14.5 Å². The minimum absolute atomic E-state index is 0.186. The molecule has 16 heavy (non-hydrogen) atoms. The minimum atomic E-state index is -0.377. The molecule has 0 aliphatic heterocycles. The third-order valence-corrected chi connectivity index (χ3v) is 2.01. The zero-order chi connectivity index (χ0) is 11.4. The summed E-state index contributed by atoms with van der Waals surface area (Å²) in [4.78, 5) is 7.81. The summed E-state index contributed by atoms with van der Waals surface area (Å²) in [5, 5.41) is 0. The molecule has 80 valence electrons. The van der Waals surface area contributed by atoms with E-state index in [1.54, 1.807) is 36.4 Å². The number of pyridine rings is 1. The molecule has 0 aliphatic rings. The highest BCUT2D eigenvalue weighted by Gasteiger charge is 1.99. The van der Waals surface area contributed by atoms with Crippen LogP contribution in [0.5, 0.6) is 0 Å². The summed E-state index contributed by atoms with van der Waals surface area (Å²) >= 11 is 0. The van der Waals surface area contributed by atoms with Crippen LogP contribution in [0.4, 0.5) is 4.39 Å². The molecule has 2 aromatic heterocycles. The highest BCUT2D eigenvalue weighted by Crippen LogP contribution is 2.04. The Bertz CT molecular complexity index is 535. The monoisotopic (exact) mass is 215 g/mol. The first-order chi connectivity index (χ1) is 7.75. The summed E-state index contributed by atoms with van der Waals surface area (Å²) in [7, 11) is 0. The predicted molar refractivity (Wildman–Crippen MR) is 58.0 cm³/mol. The van der Waals surface area contributed by atoms with Gasteiger partial charge in [0.15, 0.2) is 5.82 Å². The summed E-state index contributed by atoms with van der Waals surface area (Å²) in [6.07, 6.45) is 6.73. The molecule has 4 heteroatoms. The van der Waals surface area contributed by atoms with E-state index in [4.69, 9.17) is 0 Å². The largest absolute Gasteiger partial charge is 0.326 e. The van der Waals surface area contributed by atoms with Gasteiger partial charge in [-0.15, -0.1) is 0 Å². The lowest BCUT2D eigenvalue weighted by Gasteiger charge is -1.95. The molecule has 0 N–H and O–H groups in total. The summed E-state index contributed by atoms with van der Waals surface area (Å²) in [6, 6.07) is 1.42. The van der Waals surface area contributed by atoms with Gasteiger partial charge < -0.3 is 4.57 Å². The van der Waals surface area contributed by atoms with Gasteiger partial charge in [-0.2, -0.15) is 0 Å². The maximum Gasteiger partial charge on any atom is 0.157 e. The van der Waals surface area contributed by atoms with Crippen LogP contribution in [-0.2, 0) is 6.54 Å². The van der Waals surface area contributed by atoms with Crippen molar-refractivity contribution in [1.29, 1.82) is 0 Å². The second-order valence-electron chi connectivity index (χ2n) is 3.38. The van der Waals surface area contributed by atoms with Crippen LogP contribution in [0.25, 0.3) is 0 Å². The second-order valence-corrected chi connectivity index (χ2v) is 3.38. The van der Waals surface area contributed by atoms with E-state index in [0.29, 0.717) is 6.54 Å². The lowest BCUT2D eigenvalue weighted by Crippen LogP contribution is -1.93. The van der Waals surface area contributed by atoms with E-state index < -0.39 is 0 Å². The molecule has 0 bridgehead atoms. The number of hydrogen-bond donors (Lipinski definition) is 0. The minimum Gasteiger partial charge on any atom is -0.326 e. The van der Waals surface area contributed by atoms with E-state index in [9.17, 15) is 4.39 Å². The van der Waals surface area contributed by atoms with Gasteiger partial charge in [-0.25, -0.2) is 14.4 Å². The van der Waals surface area contributed by atoms with Gasteiger partial charge in [-0.05, 0) is 24.5 Å². The van der Waals surface area contributed by atoms with Crippen molar-refractivity contribution < 1.29 is 4.39 Å². The average Bonchev–Trinajstić information content (AvgIpc) is 2.74. The molecule has 0 radical (unpaired) electrons. The van der Waals surface area contributed by atoms with Crippen LogP contribution in [0.2, 0.25) is 0 Å². The maximum absolute atomic E-state index is 13.3. The zero-order valence-corrected chi connectivity index (χ0v) is 8.81. The predicted octanol–water partition coefficient (Wildman–Crippen LogP) is 1.78. The second kappa shape index (κ2) is 4.58. The number of rotatable bonds is 1. The summed E-state index contributed by atoms with van der Waals surface area (Å²) in [6.45, 7) is 2.27. The summed E-state index contributed by atoms with van der Waals surface area (Å²) < 4.78 is 15.1. The third kappa shape index (κ3) is 2.45. The summed E-state index contributed by atoms with van der Waals surface area (Å²) in [5.74, 6) is 5.15. The number of aromatic nitrogens is 3. The molecule has 0 amide bonds. The van der Waals surface area contributed by atoms with Crippen molar-refractivity contribution in [3.63, 3.8) is 0 Å². The first kappa shape index (κ1) is 10.4. The first-order valence-corrected chi connectivity index (χ1v) is 4.82.